The van der Waals surface area contributed by atoms with E-state index >= 15 is 0 Å². The number of aromatic nitrogens is 2. The standard InChI is InChI=1S/C23H28ClN5O/c1-18-17-21(27-11-3-2-4-12-27)26-23(25-18)29-15-13-28(14-16-29)22(30)10-7-19-5-8-20(24)9-6-19/h5-10,17H,2-4,11-16H2,1H3/b10-7+. The van der Waals surface area contributed by atoms with Crippen molar-refractivity contribution in [3.63, 3.8) is 0 Å². The van der Waals surface area contributed by atoms with Crippen LogP contribution in [0.15, 0.2) is 36.4 Å². The Morgan fingerprint density at radius 1 is 0.933 bits per heavy atom. The molecule has 0 spiro atoms. The fraction of sp³-hybridized carbons (Fsp3) is 0.435. The van der Waals surface area contributed by atoms with Crippen molar-refractivity contribution in [2.45, 2.75) is 26.2 Å². The SMILES string of the molecule is Cc1cc(N2CCCCC2)nc(N2CCN(C(=O)/C=C/c3ccc(Cl)cc3)CC2)n1. The average Bonchev–Trinajstić information content (AvgIpc) is 2.79. The first-order valence-electron chi connectivity index (χ1n) is 10.7. The summed E-state index contributed by atoms with van der Waals surface area (Å²) in [5, 5.41) is 0.691. The second-order valence-electron chi connectivity index (χ2n) is 7.91. The van der Waals surface area contributed by atoms with Crippen LogP contribution >= 0.6 is 11.6 Å². The molecule has 0 aliphatic carbocycles. The van der Waals surface area contributed by atoms with Crippen molar-refractivity contribution >= 4 is 35.4 Å². The Morgan fingerprint density at radius 2 is 1.63 bits per heavy atom. The number of hydrogen-bond acceptors (Lipinski definition) is 5. The number of nitrogens with zero attached hydrogens (tertiary/aromatic N) is 5. The summed E-state index contributed by atoms with van der Waals surface area (Å²) in [4.78, 5) is 28.5. The van der Waals surface area contributed by atoms with E-state index in [2.05, 4.69) is 20.9 Å². The van der Waals surface area contributed by atoms with Gasteiger partial charge < -0.3 is 14.7 Å². The Bertz CT molecular complexity index is 900. The summed E-state index contributed by atoms with van der Waals surface area (Å²) in [6.07, 6.45) is 7.22. The zero-order chi connectivity index (χ0) is 20.9. The molecule has 1 amide bonds. The van der Waals surface area contributed by atoms with Crippen LogP contribution in [0.2, 0.25) is 5.02 Å². The quantitative estimate of drug-likeness (QED) is 0.697. The maximum absolute atomic E-state index is 12.6. The third-order valence-electron chi connectivity index (χ3n) is 5.67. The summed E-state index contributed by atoms with van der Waals surface area (Å²) < 4.78 is 0. The number of piperidine rings is 1. The van der Waals surface area contributed by atoms with Crippen molar-refractivity contribution in [3.05, 3.63) is 52.7 Å². The number of anilines is 2. The molecule has 0 radical (unpaired) electrons. The highest BCUT2D eigenvalue weighted by Crippen LogP contribution is 2.22. The molecule has 2 aliphatic heterocycles. The van der Waals surface area contributed by atoms with Gasteiger partial charge in [-0.15, -0.1) is 0 Å². The molecule has 1 aromatic heterocycles. The van der Waals surface area contributed by atoms with Crippen LogP contribution in [0.5, 0.6) is 0 Å². The van der Waals surface area contributed by atoms with Gasteiger partial charge in [-0.2, -0.15) is 4.98 Å². The van der Waals surface area contributed by atoms with Crippen molar-refractivity contribution in [2.75, 3.05) is 49.1 Å². The second kappa shape index (κ2) is 9.47. The smallest absolute Gasteiger partial charge is 0.246 e. The maximum Gasteiger partial charge on any atom is 0.246 e. The number of piperazine rings is 1. The van der Waals surface area contributed by atoms with Crippen molar-refractivity contribution in [1.82, 2.24) is 14.9 Å². The predicted molar refractivity (Wildman–Crippen MR) is 122 cm³/mol. The number of carbonyl (C=O) groups excluding carboxylic acids is 1. The average molecular weight is 426 g/mol. The molecular formula is C23H28ClN5O. The van der Waals surface area contributed by atoms with E-state index in [0.29, 0.717) is 18.1 Å². The molecule has 0 unspecified atom stereocenters. The van der Waals surface area contributed by atoms with E-state index < -0.39 is 0 Å². The zero-order valence-corrected chi connectivity index (χ0v) is 18.2. The van der Waals surface area contributed by atoms with Crippen LogP contribution in [0.4, 0.5) is 11.8 Å². The molecule has 30 heavy (non-hydrogen) atoms. The molecule has 1 aromatic carbocycles. The van der Waals surface area contributed by atoms with Crippen LogP contribution in [0.1, 0.15) is 30.5 Å². The van der Waals surface area contributed by atoms with Crippen molar-refractivity contribution < 1.29 is 4.79 Å². The molecule has 0 saturated carbocycles. The van der Waals surface area contributed by atoms with Gasteiger partial charge in [0.15, 0.2) is 0 Å². The molecule has 4 rings (SSSR count). The van der Waals surface area contributed by atoms with E-state index in [4.69, 9.17) is 16.6 Å². The lowest BCUT2D eigenvalue weighted by Gasteiger charge is -2.35. The minimum Gasteiger partial charge on any atom is -0.356 e. The van der Waals surface area contributed by atoms with Gasteiger partial charge in [0.05, 0.1) is 0 Å². The molecule has 0 atom stereocenters. The van der Waals surface area contributed by atoms with Crippen molar-refractivity contribution in [3.8, 4) is 0 Å². The number of halogens is 1. The number of rotatable bonds is 4. The lowest BCUT2D eigenvalue weighted by Crippen LogP contribution is -2.49. The van der Waals surface area contributed by atoms with Crippen LogP contribution in [0.3, 0.4) is 0 Å². The van der Waals surface area contributed by atoms with Gasteiger partial charge >= 0.3 is 0 Å². The summed E-state index contributed by atoms with van der Waals surface area (Å²) in [7, 11) is 0. The minimum atomic E-state index is 0.0313. The fourth-order valence-electron chi connectivity index (χ4n) is 3.94. The van der Waals surface area contributed by atoms with Gasteiger partial charge in [0.25, 0.3) is 0 Å². The zero-order valence-electron chi connectivity index (χ0n) is 17.4. The largest absolute Gasteiger partial charge is 0.356 e. The van der Waals surface area contributed by atoms with Crippen molar-refractivity contribution in [1.29, 1.82) is 0 Å². The van der Waals surface area contributed by atoms with E-state index in [1.165, 1.54) is 19.3 Å². The van der Waals surface area contributed by atoms with Crippen LogP contribution < -0.4 is 9.80 Å². The molecule has 7 heteroatoms. The predicted octanol–water partition coefficient (Wildman–Crippen LogP) is 3.79. The number of aryl methyl sites for hydroxylation is 1. The highest BCUT2D eigenvalue weighted by Gasteiger charge is 2.23. The normalized spacial score (nSPS) is 17.6. The van der Waals surface area contributed by atoms with Gasteiger partial charge in [-0.25, -0.2) is 4.98 Å². The van der Waals surface area contributed by atoms with Gasteiger partial charge in [0, 0.05) is 62.1 Å². The summed E-state index contributed by atoms with van der Waals surface area (Å²) in [5.74, 6) is 1.84. The second-order valence-corrected chi connectivity index (χ2v) is 8.35. The van der Waals surface area contributed by atoms with Crippen molar-refractivity contribution in [2.24, 2.45) is 0 Å². The summed E-state index contributed by atoms with van der Waals surface area (Å²) in [5.41, 5.74) is 1.95. The number of carbonyl (C=O) groups is 1. The van der Waals surface area contributed by atoms with Gasteiger partial charge in [-0.05, 0) is 50.0 Å². The third kappa shape index (κ3) is 5.11. The van der Waals surface area contributed by atoms with E-state index in [0.717, 1.165) is 49.2 Å². The number of benzene rings is 1. The lowest BCUT2D eigenvalue weighted by atomic mass is 10.1. The van der Waals surface area contributed by atoms with Gasteiger partial charge in [0.2, 0.25) is 11.9 Å². The van der Waals surface area contributed by atoms with E-state index in [9.17, 15) is 4.79 Å². The van der Waals surface area contributed by atoms with Crippen LogP contribution in [0, 0.1) is 6.92 Å². The number of hydrogen-bond donors (Lipinski definition) is 0. The monoisotopic (exact) mass is 425 g/mol. The summed E-state index contributed by atoms with van der Waals surface area (Å²) >= 11 is 5.91. The Hall–Kier alpha value is -2.60. The van der Waals surface area contributed by atoms with Gasteiger partial charge in [0.1, 0.15) is 5.82 Å². The molecule has 2 aliphatic rings. The fourth-order valence-corrected chi connectivity index (χ4v) is 4.06. The Balaban J connectivity index is 1.36. The Kier molecular flexibility index (Phi) is 6.53. The number of amides is 1. The Morgan fingerprint density at radius 3 is 2.33 bits per heavy atom. The third-order valence-corrected chi connectivity index (χ3v) is 5.92. The van der Waals surface area contributed by atoms with Gasteiger partial charge in [-0.1, -0.05) is 23.7 Å². The highest BCUT2D eigenvalue weighted by atomic mass is 35.5. The minimum absolute atomic E-state index is 0.0313. The van der Waals surface area contributed by atoms with Crippen LogP contribution in [-0.2, 0) is 4.79 Å². The first-order chi connectivity index (χ1) is 14.6. The van der Waals surface area contributed by atoms with E-state index in [1.54, 1.807) is 6.08 Å². The molecule has 2 saturated heterocycles. The van der Waals surface area contributed by atoms with E-state index in [1.807, 2.05) is 42.2 Å². The first kappa shape index (κ1) is 20.7. The lowest BCUT2D eigenvalue weighted by molar-refractivity contribution is -0.126. The first-order valence-corrected chi connectivity index (χ1v) is 11.0. The molecule has 0 N–H and O–H groups in total. The Labute approximate surface area is 183 Å². The topological polar surface area (TPSA) is 52.6 Å². The maximum atomic E-state index is 12.6. The molecule has 0 bridgehead atoms. The summed E-state index contributed by atoms with van der Waals surface area (Å²) in [6.45, 7) is 6.98. The summed E-state index contributed by atoms with van der Waals surface area (Å²) in [6, 6.07) is 9.53. The molecule has 6 nitrogen and oxygen atoms in total. The molecule has 158 valence electrons. The van der Waals surface area contributed by atoms with Crippen LogP contribution in [-0.4, -0.2) is 60.0 Å². The molecule has 2 fully saturated rings. The molecule has 3 heterocycles. The molecular weight excluding hydrogens is 398 g/mol. The molecule has 2 aromatic rings. The highest BCUT2D eigenvalue weighted by molar-refractivity contribution is 6.30. The van der Waals surface area contributed by atoms with E-state index in [-0.39, 0.29) is 5.91 Å². The van der Waals surface area contributed by atoms with Gasteiger partial charge in [-0.3, -0.25) is 4.79 Å². The van der Waals surface area contributed by atoms with Crippen LogP contribution in [0.25, 0.3) is 6.08 Å².